The third kappa shape index (κ3) is 4.25. The van der Waals surface area contributed by atoms with Gasteiger partial charge < -0.3 is 9.47 Å². The van der Waals surface area contributed by atoms with Crippen molar-refractivity contribution in [2.24, 2.45) is 0 Å². The van der Waals surface area contributed by atoms with E-state index in [0.717, 1.165) is 16.7 Å². The van der Waals surface area contributed by atoms with Gasteiger partial charge in [-0.05, 0) is 51.0 Å². The lowest BCUT2D eigenvalue weighted by Crippen LogP contribution is -2.18. The van der Waals surface area contributed by atoms with Gasteiger partial charge in [-0.25, -0.2) is 0 Å². The average molecular weight is 387 g/mol. The minimum Gasteiger partial charge on any atom is -0.497 e. The van der Waals surface area contributed by atoms with E-state index in [4.69, 9.17) is 9.47 Å². The zero-order valence-electron chi connectivity index (χ0n) is 16.5. The number of ether oxygens (including phenoxy) is 2. The SMILES string of the molecule is COc1ccc(C(=O)C(C)[P](=O)C(=O)c2c(C)cc(C)cc2C)c(OC)c1. The highest BCUT2D eigenvalue weighted by atomic mass is 31.1. The van der Waals surface area contributed by atoms with Crippen LogP contribution in [0.1, 0.15) is 44.3 Å². The number of carbonyl (C=O) groups excluding carboxylic acids is 2. The van der Waals surface area contributed by atoms with Gasteiger partial charge in [-0.3, -0.25) is 14.2 Å². The molecule has 2 unspecified atom stereocenters. The van der Waals surface area contributed by atoms with Gasteiger partial charge in [-0.1, -0.05) is 17.7 Å². The first-order valence-corrected chi connectivity index (χ1v) is 9.88. The normalized spacial score (nSPS) is 12.3. The monoisotopic (exact) mass is 387 g/mol. The predicted octanol–water partition coefficient (Wildman–Crippen LogP) is 4.87. The van der Waals surface area contributed by atoms with E-state index in [2.05, 4.69) is 0 Å². The maximum absolute atomic E-state index is 12.9. The number of hydrogen-bond donors (Lipinski definition) is 0. The smallest absolute Gasteiger partial charge is 0.243 e. The summed E-state index contributed by atoms with van der Waals surface area (Å²) in [6.45, 7) is 7.09. The van der Waals surface area contributed by atoms with Crippen LogP contribution in [0.15, 0.2) is 30.3 Å². The molecular weight excluding hydrogens is 363 g/mol. The first-order chi connectivity index (χ1) is 12.7. The summed E-state index contributed by atoms with van der Waals surface area (Å²) < 4.78 is 23.3. The molecule has 0 saturated carbocycles. The van der Waals surface area contributed by atoms with E-state index < -0.39 is 24.8 Å². The highest BCUT2D eigenvalue weighted by Gasteiger charge is 2.31. The van der Waals surface area contributed by atoms with Crippen LogP contribution < -0.4 is 9.47 Å². The number of Topliss-reactive ketones (excluding diaryl/α,β-unsaturated/α-hetero) is 1. The summed E-state index contributed by atoms with van der Waals surface area (Å²) in [4.78, 5) is 25.7. The van der Waals surface area contributed by atoms with E-state index in [0.29, 0.717) is 17.1 Å². The molecule has 5 nitrogen and oxygen atoms in total. The molecule has 2 rings (SSSR count). The molecular formula is C21H24O5P. The lowest BCUT2D eigenvalue weighted by Gasteiger charge is -2.15. The van der Waals surface area contributed by atoms with Crippen LogP contribution in [0, 0.1) is 20.8 Å². The van der Waals surface area contributed by atoms with Crippen molar-refractivity contribution in [3.63, 3.8) is 0 Å². The minimum atomic E-state index is -2.44. The third-order valence-corrected chi connectivity index (χ3v) is 6.06. The fraction of sp³-hybridized carbons (Fsp3) is 0.333. The van der Waals surface area contributed by atoms with Crippen LogP contribution >= 0.6 is 7.80 Å². The average Bonchev–Trinajstić information content (AvgIpc) is 2.64. The first-order valence-electron chi connectivity index (χ1n) is 8.56. The molecule has 2 aromatic carbocycles. The Morgan fingerprint density at radius 2 is 1.56 bits per heavy atom. The van der Waals surface area contributed by atoms with Gasteiger partial charge in [0.05, 0.1) is 25.4 Å². The summed E-state index contributed by atoms with van der Waals surface area (Å²) in [6.07, 6.45) is 0. The Hall–Kier alpha value is -2.52. The van der Waals surface area contributed by atoms with E-state index in [-0.39, 0.29) is 5.56 Å². The Morgan fingerprint density at radius 1 is 0.963 bits per heavy atom. The van der Waals surface area contributed by atoms with E-state index in [9.17, 15) is 14.2 Å². The standard InChI is InChI=1S/C21H24O5P/c1-12-9-13(2)19(14(3)10-12)21(23)27(24)15(4)20(22)17-8-7-16(25-5)11-18(17)26-6/h7-11,15H,1-6H3. The highest BCUT2D eigenvalue weighted by Crippen LogP contribution is 2.38. The second-order valence-corrected chi connectivity index (χ2v) is 8.34. The molecule has 1 radical (unpaired) electrons. The second-order valence-electron chi connectivity index (χ2n) is 6.51. The number of carbonyl (C=O) groups is 2. The van der Waals surface area contributed by atoms with E-state index in [1.54, 1.807) is 18.2 Å². The van der Waals surface area contributed by atoms with Crippen LogP contribution in [-0.2, 0) is 4.57 Å². The van der Waals surface area contributed by atoms with E-state index in [1.807, 2.05) is 32.9 Å². The fourth-order valence-corrected chi connectivity index (χ4v) is 4.41. The molecule has 0 aliphatic carbocycles. The molecule has 2 atom stereocenters. The molecule has 0 saturated heterocycles. The molecule has 0 heterocycles. The largest absolute Gasteiger partial charge is 0.497 e. The Bertz CT molecular complexity index is 894. The van der Waals surface area contributed by atoms with Gasteiger partial charge in [0.1, 0.15) is 11.5 Å². The number of hydrogen-bond acceptors (Lipinski definition) is 5. The van der Waals surface area contributed by atoms with Crippen LogP contribution in [0.4, 0.5) is 0 Å². The molecule has 2 aromatic rings. The Balaban J connectivity index is 2.35. The quantitative estimate of drug-likeness (QED) is 0.501. The van der Waals surface area contributed by atoms with Crippen molar-refractivity contribution >= 4 is 19.1 Å². The molecule has 27 heavy (non-hydrogen) atoms. The summed E-state index contributed by atoms with van der Waals surface area (Å²) in [5.74, 6) is 0.471. The van der Waals surface area contributed by atoms with E-state index >= 15 is 0 Å². The maximum atomic E-state index is 12.9. The van der Waals surface area contributed by atoms with E-state index in [1.165, 1.54) is 21.1 Å². The summed E-state index contributed by atoms with van der Waals surface area (Å²) in [7, 11) is 0.521. The molecule has 0 spiro atoms. The van der Waals surface area contributed by atoms with Crippen LogP contribution in [0.25, 0.3) is 0 Å². The van der Waals surface area contributed by atoms with Crippen molar-refractivity contribution in [2.45, 2.75) is 33.4 Å². The van der Waals surface area contributed by atoms with Gasteiger partial charge in [0.15, 0.2) is 13.6 Å². The van der Waals surface area contributed by atoms with Crippen molar-refractivity contribution in [3.05, 3.63) is 58.1 Å². The zero-order chi connectivity index (χ0) is 20.3. The van der Waals surface area contributed by atoms with Gasteiger partial charge in [0.2, 0.25) is 5.52 Å². The highest BCUT2D eigenvalue weighted by molar-refractivity contribution is 7.66. The van der Waals surface area contributed by atoms with Gasteiger partial charge in [-0.2, -0.15) is 0 Å². The van der Waals surface area contributed by atoms with Crippen LogP contribution in [-0.4, -0.2) is 31.2 Å². The number of rotatable bonds is 7. The van der Waals surface area contributed by atoms with Crippen molar-refractivity contribution in [3.8, 4) is 11.5 Å². The van der Waals surface area contributed by atoms with Crippen molar-refractivity contribution < 1.29 is 23.6 Å². The van der Waals surface area contributed by atoms with Crippen LogP contribution in [0.3, 0.4) is 0 Å². The lowest BCUT2D eigenvalue weighted by molar-refractivity contribution is 0.0979. The summed E-state index contributed by atoms with van der Waals surface area (Å²) >= 11 is 0. The Morgan fingerprint density at radius 3 is 2.07 bits per heavy atom. The van der Waals surface area contributed by atoms with Gasteiger partial charge in [0, 0.05) is 11.6 Å². The fourth-order valence-electron chi connectivity index (χ4n) is 3.14. The third-order valence-electron chi connectivity index (χ3n) is 4.50. The van der Waals surface area contributed by atoms with Crippen molar-refractivity contribution in [2.75, 3.05) is 14.2 Å². The second kappa shape index (κ2) is 8.45. The molecule has 0 bridgehead atoms. The number of benzene rings is 2. The summed E-state index contributed by atoms with van der Waals surface area (Å²) in [5, 5.41) is 0. The zero-order valence-corrected chi connectivity index (χ0v) is 17.3. The van der Waals surface area contributed by atoms with Crippen molar-refractivity contribution in [1.82, 2.24) is 0 Å². The summed E-state index contributed by atoms with van der Waals surface area (Å²) in [5.41, 5.74) is 1.82. The molecule has 0 fully saturated rings. The molecule has 0 amide bonds. The topological polar surface area (TPSA) is 69.7 Å². The Kier molecular flexibility index (Phi) is 6.50. The molecule has 0 aliphatic rings. The molecule has 143 valence electrons. The van der Waals surface area contributed by atoms with Gasteiger partial charge >= 0.3 is 0 Å². The Labute approximate surface area is 160 Å². The van der Waals surface area contributed by atoms with Gasteiger partial charge in [0.25, 0.3) is 0 Å². The van der Waals surface area contributed by atoms with Gasteiger partial charge in [-0.15, -0.1) is 0 Å². The number of methoxy groups -OCH3 is 2. The first kappa shape index (κ1) is 20.8. The molecule has 0 aliphatic heterocycles. The number of aryl methyl sites for hydroxylation is 3. The summed E-state index contributed by atoms with van der Waals surface area (Å²) in [6, 6.07) is 8.53. The van der Waals surface area contributed by atoms with Crippen molar-refractivity contribution in [1.29, 1.82) is 0 Å². The molecule has 0 N–H and O–H groups in total. The maximum Gasteiger partial charge on any atom is 0.243 e. The molecule has 0 aromatic heterocycles. The lowest BCUT2D eigenvalue weighted by atomic mass is 10.0. The minimum absolute atomic E-state index is 0.277. The number of ketones is 1. The predicted molar refractivity (Wildman–Crippen MR) is 106 cm³/mol. The van der Waals surface area contributed by atoms with Crippen LogP contribution in [0.5, 0.6) is 11.5 Å². The molecule has 6 heteroatoms. The van der Waals surface area contributed by atoms with Crippen LogP contribution in [0.2, 0.25) is 0 Å².